The summed E-state index contributed by atoms with van der Waals surface area (Å²) < 4.78 is 0. The molecule has 0 fully saturated rings. The molecule has 1 aromatic carbocycles. The van der Waals surface area contributed by atoms with E-state index in [2.05, 4.69) is 27.0 Å². The fourth-order valence-electron chi connectivity index (χ4n) is 2.15. The Morgan fingerprint density at radius 3 is 2.73 bits per heavy atom. The fourth-order valence-corrected chi connectivity index (χ4v) is 2.15. The number of nitrogens with one attached hydrogen (secondary N) is 1. The molecule has 4 N–H and O–H groups in total. The highest BCUT2D eigenvalue weighted by Gasteiger charge is 2.09. The number of rotatable bonds is 1. The summed E-state index contributed by atoms with van der Waals surface area (Å²) in [6.45, 7) is 3.27. The number of para-hydroxylation sites is 1. The molecule has 0 aliphatic heterocycles. The van der Waals surface area contributed by atoms with Crippen LogP contribution in [0.2, 0.25) is 0 Å². The number of hydrogen-bond acceptors (Lipinski definition) is 4. The van der Waals surface area contributed by atoms with Crippen molar-refractivity contribution < 1.29 is 5.11 Å². The Kier molecular flexibility index (Phi) is 3.32. The highest BCUT2D eigenvalue weighted by atomic mass is 16.3. The largest absolute Gasteiger partial charge is 0.382 e. The number of nitrogen functional groups attached to an aromatic ring is 1. The van der Waals surface area contributed by atoms with Gasteiger partial charge in [0.15, 0.2) is 5.82 Å². The van der Waals surface area contributed by atoms with Crippen LogP contribution in [0, 0.1) is 11.8 Å². The van der Waals surface area contributed by atoms with Crippen molar-refractivity contribution in [2.45, 2.75) is 19.4 Å². The summed E-state index contributed by atoms with van der Waals surface area (Å²) in [7, 11) is 0. The molecule has 0 aliphatic carbocycles. The van der Waals surface area contributed by atoms with Crippen molar-refractivity contribution in [2.75, 3.05) is 5.73 Å². The second-order valence-corrected chi connectivity index (χ2v) is 5.58. The third-order valence-corrected chi connectivity index (χ3v) is 3.20. The van der Waals surface area contributed by atoms with E-state index in [0.29, 0.717) is 11.5 Å². The first kappa shape index (κ1) is 14.1. The van der Waals surface area contributed by atoms with Crippen LogP contribution < -0.4 is 5.73 Å². The van der Waals surface area contributed by atoms with Crippen molar-refractivity contribution in [3.05, 3.63) is 42.2 Å². The highest BCUT2D eigenvalue weighted by Crippen LogP contribution is 2.29. The maximum absolute atomic E-state index is 9.61. The number of aliphatic hydroxyl groups is 1. The van der Waals surface area contributed by atoms with Crippen molar-refractivity contribution in [1.82, 2.24) is 15.2 Å². The van der Waals surface area contributed by atoms with E-state index in [-0.39, 0.29) is 0 Å². The van der Waals surface area contributed by atoms with E-state index < -0.39 is 5.60 Å². The van der Waals surface area contributed by atoms with Crippen LogP contribution in [0.25, 0.3) is 22.0 Å². The van der Waals surface area contributed by atoms with Crippen molar-refractivity contribution in [3.8, 4) is 23.0 Å². The lowest BCUT2D eigenvalue weighted by atomic mass is 10.0. The number of pyridine rings is 1. The second-order valence-electron chi connectivity index (χ2n) is 5.58. The van der Waals surface area contributed by atoms with Crippen LogP contribution in [0.1, 0.15) is 19.5 Å². The van der Waals surface area contributed by atoms with E-state index in [1.807, 2.05) is 30.3 Å². The first-order valence-electron chi connectivity index (χ1n) is 6.88. The predicted octanol–water partition coefficient (Wildman–Crippen LogP) is 2.33. The third kappa shape index (κ3) is 2.78. The zero-order valence-electron chi connectivity index (χ0n) is 12.4. The number of aromatic nitrogens is 3. The average molecular weight is 292 g/mol. The minimum atomic E-state index is -1.03. The first-order valence-corrected chi connectivity index (χ1v) is 6.88. The quantitative estimate of drug-likeness (QED) is 0.601. The van der Waals surface area contributed by atoms with Gasteiger partial charge in [0.25, 0.3) is 0 Å². The predicted molar refractivity (Wildman–Crippen MR) is 86.9 cm³/mol. The smallest absolute Gasteiger partial charge is 0.153 e. The van der Waals surface area contributed by atoms with Crippen LogP contribution in [0.4, 0.5) is 5.82 Å². The Balaban J connectivity index is 2.00. The molecule has 0 bridgehead atoms. The molecule has 0 radical (unpaired) electrons. The fraction of sp³-hybridized carbons (Fsp3) is 0.176. The van der Waals surface area contributed by atoms with Crippen LogP contribution in [-0.2, 0) is 0 Å². The lowest BCUT2D eigenvalue weighted by molar-refractivity contribution is 0.143. The topological polar surface area (TPSA) is 87.8 Å². The van der Waals surface area contributed by atoms with E-state index >= 15 is 0 Å². The Morgan fingerprint density at radius 2 is 2.05 bits per heavy atom. The third-order valence-electron chi connectivity index (χ3n) is 3.20. The number of nitrogens with two attached hydrogens (primary N) is 1. The molecule has 0 unspecified atom stereocenters. The average Bonchev–Trinajstić information content (AvgIpc) is 2.87. The van der Waals surface area contributed by atoms with Crippen molar-refractivity contribution in [3.63, 3.8) is 0 Å². The van der Waals surface area contributed by atoms with Crippen LogP contribution in [0.15, 0.2) is 36.5 Å². The number of H-pyrrole nitrogens is 1. The van der Waals surface area contributed by atoms with Gasteiger partial charge in [0.1, 0.15) is 11.3 Å². The van der Waals surface area contributed by atoms with E-state index in [0.717, 1.165) is 22.0 Å². The van der Waals surface area contributed by atoms with E-state index in [9.17, 15) is 5.11 Å². The minimum absolute atomic E-state index is 0.484. The summed E-state index contributed by atoms with van der Waals surface area (Å²) >= 11 is 0. The number of anilines is 1. The van der Waals surface area contributed by atoms with Gasteiger partial charge in [-0.25, -0.2) is 4.98 Å². The summed E-state index contributed by atoms with van der Waals surface area (Å²) in [5, 5.41) is 17.5. The molecular formula is C17H16N4O. The highest BCUT2D eigenvalue weighted by molar-refractivity contribution is 5.98. The number of aromatic amines is 1. The van der Waals surface area contributed by atoms with Crippen molar-refractivity contribution in [1.29, 1.82) is 0 Å². The Hall–Kier alpha value is -2.84. The molecule has 0 spiro atoms. The van der Waals surface area contributed by atoms with E-state index in [4.69, 9.17) is 5.73 Å². The minimum Gasteiger partial charge on any atom is -0.382 e. The molecule has 110 valence electrons. The van der Waals surface area contributed by atoms with Crippen LogP contribution in [0.5, 0.6) is 0 Å². The van der Waals surface area contributed by atoms with Gasteiger partial charge >= 0.3 is 0 Å². The monoisotopic (exact) mass is 292 g/mol. The Morgan fingerprint density at radius 1 is 1.23 bits per heavy atom. The second kappa shape index (κ2) is 5.17. The zero-order chi connectivity index (χ0) is 15.7. The van der Waals surface area contributed by atoms with Gasteiger partial charge in [-0.2, -0.15) is 5.10 Å². The zero-order valence-corrected chi connectivity index (χ0v) is 12.4. The van der Waals surface area contributed by atoms with Gasteiger partial charge in [0.2, 0.25) is 0 Å². The van der Waals surface area contributed by atoms with E-state index in [1.54, 1.807) is 20.0 Å². The molecule has 5 heteroatoms. The summed E-state index contributed by atoms with van der Waals surface area (Å²) in [6, 6.07) is 9.61. The SMILES string of the molecule is CC(C)(O)C#Cc1ccc(-c2cccc3c(N)n[nH]c23)cn1. The number of benzene rings is 1. The summed E-state index contributed by atoms with van der Waals surface area (Å²) in [4.78, 5) is 4.32. The van der Waals surface area contributed by atoms with Crippen LogP contribution in [0.3, 0.4) is 0 Å². The van der Waals surface area contributed by atoms with Crippen LogP contribution >= 0.6 is 0 Å². The molecule has 0 aliphatic rings. The van der Waals surface area contributed by atoms with Gasteiger partial charge in [0, 0.05) is 22.7 Å². The molecule has 0 saturated carbocycles. The Labute approximate surface area is 128 Å². The molecule has 5 nitrogen and oxygen atoms in total. The first-order chi connectivity index (χ1) is 10.4. The molecular weight excluding hydrogens is 276 g/mol. The summed E-state index contributed by atoms with van der Waals surface area (Å²) in [6.07, 6.45) is 1.75. The van der Waals surface area contributed by atoms with Gasteiger partial charge in [0.05, 0.1) is 5.52 Å². The molecule has 3 rings (SSSR count). The Bertz CT molecular complexity index is 877. The van der Waals surface area contributed by atoms with Crippen molar-refractivity contribution >= 4 is 16.7 Å². The number of fused-ring (bicyclic) bond motifs is 1. The lowest BCUT2D eigenvalue weighted by Gasteiger charge is -2.06. The van der Waals surface area contributed by atoms with Gasteiger partial charge < -0.3 is 10.8 Å². The molecule has 2 heterocycles. The number of nitrogens with zero attached hydrogens (tertiary/aromatic N) is 2. The molecule has 0 amide bonds. The van der Waals surface area contributed by atoms with Gasteiger partial charge in [-0.05, 0) is 38.0 Å². The van der Waals surface area contributed by atoms with Gasteiger partial charge in [-0.3, -0.25) is 5.10 Å². The van der Waals surface area contributed by atoms with Gasteiger partial charge in [-0.1, -0.05) is 18.1 Å². The standard InChI is InChI=1S/C17H16N4O/c1-17(2,22)9-8-12-7-6-11(10-19-12)13-4-3-5-14-15(13)20-21-16(14)18/h3-7,10,22H,1-2H3,(H3,18,20,21). The maximum atomic E-state index is 9.61. The molecule has 2 aromatic heterocycles. The summed E-state index contributed by atoms with van der Waals surface area (Å²) in [5.41, 5.74) is 8.23. The number of hydrogen-bond donors (Lipinski definition) is 3. The lowest BCUT2D eigenvalue weighted by Crippen LogP contribution is -2.14. The molecule has 0 atom stereocenters. The van der Waals surface area contributed by atoms with E-state index in [1.165, 1.54) is 0 Å². The summed E-state index contributed by atoms with van der Waals surface area (Å²) in [5.74, 6) is 6.08. The maximum Gasteiger partial charge on any atom is 0.153 e. The molecule has 22 heavy (non-hydrogen) atoms. The molecule has 0 saturated heterocycles. The van der Waals surface area contributed by atoms with Crippen molar-refractivity contribution in [2.24, 2.45) is 0 Å². The normalized spacial score (nSPS) is 11.2. The van der Waals surface area contributed by atoms with Gasteiger partial charge in [-0.15, -0.1) is 0 Å². The van der Waals surface area contributed by atoms with Crippen LogP contribution in [-0.4, -0.2) is 25.9 Å². The molecule has 3 aromatic rings.